The van der Waals surface area contributed by atoms with E-state index in [9.17, 15) is 0 Å². The highest BCUT2D eigenvalue weighted by Gasteiger charge is 2.20. The molecule has 1 aromatic heterocycles. The molecule has 0 fully saturated rings. The molecule has 6 N–H and O–H groups in total. The molecule has 0 saturated carbocycles. The number of H-pyrrole nitrogens is 1. The lowest BCUT2D eigenvalue weighted by Gasteiger charge is -2.17. The molecule has 90 valence electrons. The fourth-order valence-corrected chi connectivity index (χ4v) is 2.04. The number of halogens is 2. The van der Waals surface area contributed by atoms with Crippen molar-refractivity contribution in [1.29, 1.82) is 0 Å². The molecule has 1 heterocycles. The Labute approximate surface area is 108 Å². The van der Waals surface area contributed by atoms with Gasteiger partial charge in [-0.2, -0.15) is 5.10 Å². The topological polar surface area (TPSA) is 92.7 Å². The third kappa shape index (κ3) is 2.23. The predicted octanol–water partition coefficient (Wildman–Crippen LogP) is 1.85. The molecule has 17 heavy (non-hydrogen) atoms. The van der Waals surface area contributed by atoms with E-state index in [4.69, 9.17) is 34.8 Å². The SMILES string of the molecule is NNC(c1cn[nH]c1N)c1cccc(Cl)c1Cl. The number of hydrogen-bond donors (Lipinski definition) is 4. The number of nitrogen functional groups attached to an aromatic ring is 1. The average Bonchev–Trinajstić information content (AvgIpc) is 2.72. The van der Waals surface area contributed by atoms with E-state index >= 15 is 0 Å². The third-order valence-corrected chi connectivity index (χ3v) is 3.30. The molecule has 0 radical (unpaired) electrons. The second-order valence-corrected chi connectivity index (χ2v) is 4.27. The maximum atomic E-state index is 6.14. The Balaban J connectivity index is 2.50. The summed E-state index contributed by atoms with van der Waals surface area (Å²) in [5, 5.41) is 7.40. The van der Waals surface area contributed by atoms with E-state index in [-0.39, 0.29) is 6.04 Å². The van der Waals surface area contributed by atoms with Gasteiger partial charge in [0.1, 0.15) is 5.82 Å². The number of nitrogens with two attached hydrogens (primary N) is 2. The highest BCUT2D eigenvalue weighted by atomic mass is 35.5. The van der Waals surface area contributed by atoms with Gasteiger partial charge in [0.2, 0.25) is 0 Å². The summed E-state index contributed by atoms with van der Waals surface area (Å²) < 4.78 is 0. The summed E-state index contributed by atoms with van der Waals surface area (Å²) in [5.41, 5.74) is 9.86. The van der Waals surface area contributed by atoms with Crippen molar-refractivity contribution < 1.29 is 0 Å². The molecule has 0 bridgehead atoms. The summed E-state index contributed by atoms with van der Waals surface area (Å²) in [4.78, 5) is 0. The van der Waals surface area contributed by atoms with E-state index in [0.29, 0.717) is 15.9 Å². The van der Waals surface area contributed by atoms with Gasteiger partial charge in [-0.1, -0.05) is 35.3 Å². The second kappa shape index (κ2) is 4.93. The van der Waals surface area contributed by atoms with Crippen LogP contribution >= 0.6 is 23.2 Å². The van der Waals surface area contributed by atoms with Gasteiger partial charge in [0.25, 0.3) is 0 Å². The summed E-state index contributed by atoms with van der Waals surface area (Å²) >= 11 is 12.1. The fourth-order valence-electron chi connectivity index (χ4n) is 1.63. The molecule has 0 saturated heterocycles. The smallest absolute Gasteiger partial charge is 0.124 e. The van der Waals surface area contributed by atoms with Crippen LogP contribution in [0.15, 0.2) is 24.4 Å². The van der Waals surface area contributed by atoms with Crippen LogP contribution in [0, 0.1) is 0 Å². The van der Waals surface area contributed by atoms with Crippen molar-refractivity contribution in [3.8, 4) is 0 Å². The van der Waals surface area contributed by atoms with Crippen LogP contribution < -0.4 is 17.0 Å². The number of nitrogens with zero attached hydrogens (tertiary/aromatic N) is 1. The van der Waals surface area contributed by atoms with Crippen LogP contribution in [0.5, 0.6) is 0 Å². The Bertz CT molecular complexity index is 525. The van der Waals surface area contributed by atoms with Gasteiger partial charge in [0.05, 0.1) is 22.3 Å². The molecule has 1 aromatic carbocycles. The quantitative estimate of drug-likeness (QED) is 0.506. The molecule has 2 rings (SSSR count). The van der Waals surface area contributed by atoms with Gasteiger partial charge in [0, 0.05) is 5.56 Å². The first kappa shape index (κ1) is 12.2. The zero-order valence-electron chi connectivity index (χ0n) is 8.74. The van der Waals surface area contributed by atoms with Crippen LogP contribution in [0.3, 0.4) is 0 Å². The van der Waals surface area contributed by atoms with Crippen molar-refractivity contribution in [3.05, 3.63) is 45.6 Å². The minimum Gasteiger partial charge on any atom is -0.384 e. The van der Waals surface area contributed by atoms with Gasteiger partial charge < -0.3 is 5.73 Å². The lowest BCUT2D eigenvalue weighted by atomic mass is 10.0. The van der Waals surface area contributed by atoms with E-state index in [2.05, 4.69) is 15.6 Å². The summed E-state index contributed by atoms with van der Waals surface area (Å²) in [6.07, 6.45) is 1.59. The summed E-state index contributed by atoms with van der Waals surface area (Å²) in [5.74, 6) is 5.97. The molecule has 0 aliphatic carbocycles. The summed E-state index contributed by atoms with van der Waals surface area (Å²) in [6.45, 7) is 0. The molecular formula is C10H11Cl2N5. The summed E-state index contributed by atoms with van der Waals surface area (Å²) in [7, 11) is 0. The first-order chi connectivity index (χ1) is 8.15. The maximum absolute atomic E-state index is 6.14. The monoisotopic (exact) mass is 271 g/mol. The molecule has 0 aliphatic heterocycles. The van der Waals surface area contributed by atoms with Crippen molar-refractivity contribution in [2.75, 3.05) is 5.73 Å². The lowest BCUT2D eigenvalue weighted by molar-refractivity contribution is 0.639. The number of nitrogens with one attached hydrogen (secondary N) is 2. The zero-order valence-corrected chi connectivity index (χ0v) is 10.3. The first-order valence-electron chi connectivity index (χ1n) is 4.84. The van der Waals surface area contributed by atoms with Gasteiger partial charge in [-0.15, -0.1) is 0 Å². The number of anilines is 1. The molecule has 0 aliphatic rings. The van der Waals surface area contributed by atoms with Crippen LogP contribution in [0.4, 0.5) is 5.82 Å². The van der Waals surface area contributed by atoms with Crippen LogP contribution in [0.2, 0.25) is 10.0 Å². The number of aromatic amines is 1. The Hall–Kier alpha value is -1.27. The fraction of sp³-hybridized carbons (Fsp3) is 0.100. The van der Waals surface area contributed by atoms with E-state index in [0.717, 1.165) is 11.1 Å². The molecular weight excluding hydrogens is 261 g/mol. The normalized spacial score (nSPS) is 12.6. The minimum atomic E-state index is -0.361. The minimum absolute atomic E-state index is 0.361. The Morgan fingerprint density at radius 1 is 1.29 bits per heavy atom. The Morgan fingerprint density at radius 2 is 2.06 bits per heavy atom. The molecule has 1 unspecified atom stereocenters. The lowest BCUT2D eigenvalue weighted by Crippen LogP contribution is -2.29. The van der Waals surface area contributed by atoms with Crippen molar-refractivity contribution in [3.63, 3.8) is 0 Å². The van der Waals surface area contributed by atoms with Crippen molar-refractivity contribution in [2.45, 2.75) is 6.04 Å². The number of hydrazine groups is 1. The van der Waals surface area contributed by atoms with Gasteiger partial charge in [0.15, 0.2) is 0 Å². The van der Waals surface area contributed by atoms with Gasteiger partial charge in [-0.3, -0.25) is 10.9 Å². The van der Waals surface area contributed by atoms with Crippen molar-refractivity contribution in [2.24, 2.45) is 5.84 Å². The highest BCUT2D eigenvalue weighted by molar-refractivity contribution is 6.42. The van der Waals surface area contributed by atoms with E-state index in [1.165, 1.54) is 0 Å². The number of aromatic nitrogens is 2. The largest absolute Gasteiger partial charge is 0.384 e. The molecule has 5 nitrogen and oxygen atoms in total. The highest BCUT2D eigenvalue weighted by Crippen LogP contribution is 2.33. The third-order valence-electron chi connectivity index (χ3n) is 2.47. The zero-order chi connectivity index (χ0) is 12.4. The van der Waals surface area contributed by atoms with Gasteiger partial charge in [-0.05, 0) is 11.6 Å². The Morgan fingerprint density at radius 3 is 2.65 bits per heavy atom. The van der Waals surface area contributed by atoms with E-state index in [1.54, 1.807) is 18.3 Å². The molecule has 1 atom stereocenters. The summed E-state index contributed by atoms with van der Waals surface area (Å²) in [6, 6.07) is 4.97. The average molecular weight is 272 g/mol. The van der Waals surface area contributed by atoms with Gasteiger partial charge >= 0.3 is 0 Å². The van der Waals surface area contributed by atoms with Crippen molar-refractivity contribution >= 4 is 29.0 Å². The van der Waals surface area contributed by atoms with Crippen molar-refractivity contribution in [1.82, 2.24) is 15.6 Å². The van der Waals surface area contributed by atoms with Crippen LogP contribution in [-0.4, -0.2) is 10.2 Å². The van der Waals surface area contributed by atoms with Crippen LogP contribution in [-0.2, 0) is 0 Å². The second-order valence-electron chi connectivity index (χ2n) is 3.48. The molecule has 7 heteroatoms. The molecule has 0 spiro atoms. The number of rotatable bonds is 3. The van der Waals surface area contributed by atoms with Crippen LogP contribution in [0.25, 0.3) is 0 Å². The predicted molar refractivity (Wildman–Crippen MR) is 68.6 cm³/mol. The molecule has 0 amide bonds. The van der Waals surface area contributed by atoms with Gasteiger partial charge in [-0.25, -0.2) is 5.43 Å². The first-order valence-corrected chi connectivity index (χ1v) is 5.59. The van der Waals surface area contributed by atoms with E-state index in [1.807, 2.05) is 6.07 Å². The van der Waals surface area contributed by atoms with E-state index < -0.39 is 0 Å². The Kier molecular flexibility index (Phi) is 3.54. The van der Waals surface area contributed by atoms with Crippen LogP contribution in [0.1, 0.15) is 17.2 Å². The standard InChI is InChI=1S/C10H11Cl2N5/c11-7-3-1-2-5(8(7)12)9(16-14)6-4-15-17-10(6)13/h1-4,9,16H,14H2,(H3,13,15,17). The number of hydrogen-bond acceptors (Lipinski definition) is 4. The number of benzene rings is 1. The molecule has 2 aromatic rings. The maximum Gasteiger partial charge on any atom is 0.124 e.